The molecule has 0 radical (unpaired) electrons. The highest BCUT2D eigenvalue weighted by molar-refractivity contribution is 9.10. The van der Waals surface area contributed by atoms with Crippen molar-refractivity contribution in [2.75, 3.05) is 0 Å². The first-order valence-electron chi connectivity index (χ1n) is 6.78. The van der Waals surface area contributed by atoms with E-state index in [0.717, 1.165) is 10.2 Å². The van der Waals surface area contributed by atoms with E-state index in [9.17, 15) is 8.78 Å². The largest absolute Gasteiger partial charge is 0.276 e. The maximum atomic E-state index is 14.2. The van der Waals surface area contributed by atoms with Crippen LogP contribution in [-0.2, 0) is 18.8 Å². The van der Waals surface area contributed by atoms with Crippen LogP contribution in [0.5, 0.6) is 0 Å². The van der Waals surface area contributed by atoms with Gasteiger partial charge in [-0.3, -0.25) is 0 Å². The van der Waals surface area contributed by atoms with Crippen molar-refractivity contribution in [3.8, 4) is 5.69 Å². The molecule has 0 bridgehead atoms. The molecule has 1 aliphatic carbocycles. The van der Waals surface area contributed by atoms with Gasteiger partial charge in [0, 0.05) is 10.9 Å². The van der Waals surface area contributed by atoms with Crippen LogP contribution in [0, 0.1) is 0 Å². The molecule has 20 heavy (non-hydrogen) atoms. The second kappa shape index (κ2) is 4.95. The zero-order chi connectivity index (χ0) is 14.3. The Labute approximate surface area is 124 Å². The fourth-order valence-electron chi connectivity index (χ4n) is 2.83. The summed E-state index contributed by atoms with van der Waals surface area (Å²) in [6, 6.07) is 7.60. The average molecular weight is 341 g/mol. The van der Waals surface area contributed by atoms with E-state index in [1.165, 1.54) is 0 Å². The molecule has 0 aliphatic heterocycles. The normalized spacial score (nSPS) is 17.0. The Morgan fingerprint density at radius 3 is 2.90 bits per heavy atom. The van der Waals surface area contributed by atoms with Crippen molar-refractivity contribution in [3.05, 3.63) is 45.7 Å². The van der Waals surface area contributed by atoms with Crippen LogP contribution >= 0.6 is 15.9 Å². The van der Waals surface area contributed by atoms with Crippen molar-refractivity contribution < 1.29 is 8.78 Å². The Balaban J connectivity index is 2.21. The standard InChI is InChI=1S/C15H15BrF2N2/c1-2-12-14-13(7-4-8-15(14,17)18)20(19-12)11-6-3-5-10(16)9-11/h3,5-6,9H,2,4,7-8H2,1H3. The van der Waals surface area contributed by atoms with Gasteiger partial charge in [0.15, 0.2) is 0 Å². The number of fused-ring (bicyclic) bond motifs is 1. The van der Waals surface area contributed by atoms with Gasteiger partial charge in [-0.25, -0.2) is 13.5 Å². The van der Waals surface area contributed by atoms with Gasteiger partial charge < -0.3 is 0 Å². The first-order valence-corrected chi connectivity index (χ1v) is 7.57. The van der Waals surface area contributed by atoms with E-state index in [-0.39, 0.29) is 12.0 Å². The van der Waals surface area contributed by atoms with Gasteiger partial charge in [0.1, 0.15) is 0 Å². The number of rotatable bonds is 2. The fourth-order valence-corrected chi connectivity index (χ4v) is 3.22. The average Bonchev–Trinajstić information content (AvgIpc) is 2.79. The van der Waals surface area contributed by atoms with E-state index < -0.39 is 5.92 Å². The Hall–Kier alpha value is -1.23. The van der Waals surface area contributed by atoms with E-state index in [0.29, 0.717) is 30.7 Å². The lowest BCUT2D eigenvalue weighted by atomic mass is 9.91. The van der Waals surface area contributed by atoms with Gasteiger partial charge in [-0.15, -0.1) is 0 Å². The molecule has 0 N–H and O–H groups in total. The number of nitrogens with zero attached hydrogens (tertiary/aromatic N) is 2. The third-order valence-corrected chi connectivity index (χ3v) is 4.20. The summed E-state index contributed by atoms with van der Waals surface area (Å²) in [6.45, 7) is 1.87. The van der Waals surface area contributed by atoms with Crippen molar-refractivity contribution in [1.82, 2.24) is 9.78 Å². The molecular formula is C15H15BrF2N2. The fraction of sp³-hybridized carbons (Fsp3) is 0.400. The van der Waals surface area contributed by atoms with E-state index >= 15 is 0 Å². The maximum Gasteiger partial charge on any atom is 0.276 e. The molecule has 106 valence electrons. The van der Waals surface area contributed by atoms with Gasteiger partial charge in [0.2, 0.25) is 0 Å². The quantitative estimate of drug-likeness (QED) is 0.779. The molecule has 2 aromatic rings. The minimum Gasteiger partial charge on any atom is -0.237 e. The van der Waals surface area contributed by atoms with Gasteiger partial charge in [0.05, 0.1) is 22.6 Å². The minimum absolute atomic E-state index is 0.0722. The van der Waals surface area contributed by atoms with Crippen LogP contribution in [-0.4, -0.2) is 9.78 Å². The minimum atomic E-state index is -2.75. The summed E-state index contributed by atoms with van der Waals surface area (Å²) in [4.78, 5) is 0. The van der Waals surface area contributed by atoms with Crippen molar-refractivity contribution in [1.29, 1.82) is 0 Å². The molecule has 0 unspecified atom stereocenters. The summed E-state index contributed by atoms with van der Waals surface area (Å²) < 4.78 is 31.0. The zero-order valence-corrected chi connectivity index (χ0v) is 12.8. The van der Waals surface area contributed by atoms with Crippen LogP contribution in [0.15, 0.2) is 28.7 Å². The number of hydrogen-bond donors (Lipinski definition) is 0. The molecule has 3 rings (SSSR count). The summed E-state index contributed by atoms with van der Waals surface area (Å²) in [6.07, 6.45) is 1.61. The van der Waals surface area contributed by atoms with Crippen molar-refractivity contribution >= 4 is 15.9 Å². The number of aromatic nitrogens is 2. The molecule has 1 aromatic carbocycles. The molecule has 0 saturated heterocycles. The number of alkyl halides is 2. The topological polar surface area (TPSA) is 17.8 Å². The third kappa shape index (κ3) is 2.18. The molecule has 0 atom stereocenters. The molecular weight excluding hydrogens is 326 g/mol. The van der Waals surface area contributed by atoms with Gasteiger partial charge in [-0.1, -0.05) is 28.9 Å². The first kappa shape index (κ1) is 13.7. The van der Waals surface area contributed by atoms with E-state index in [2.05, 4.69) is 21.0 Å². The van der Waals surface area contributed by atoms with E-state index in [1.807, 2.05) is 31.2 Å². The Morgan fingerprint density at radius 2 is 2.20 bits per heavy atom. The third-order valence-electron chi connectivity index (χ3n) is 3.71. The Kier molecular flexibility index (Phi) is 3.40. The summed E-state index contributed by atoms with van der Waals surface area (Å²) in [5, 5.41) is 4.43. The van der Waals surface area contributed by atoms with Crippen LogP contribution in [0.2, 0.25) is 0 Å². The molecule has 0 fully saturated rings. The maximum absolute atomic E-state index is 14.2. The second-order valence-corrected chi connectivity index (χ2v) is 5.99. The van der Waals surface area contributed by atoms with Gasteiger partial charge in [-0.2, -0.15) is 5.10 Å². The van der Waals surface area contributed by atoms with Crippen LogP contribution in [0.3, 0.4) is 0 Å². The van der Waals surface area contributed by atoms with Crippen molar-refractivity contribution in [3.63, 3.8) is 0 Å². The highest BCUT2D eigenvalue weighted by Crippen LogP contribution is 2.42. The predicted molar refractivity (Wildman–Crippen MR) is 77.5 cm³/mol. The molecule has 1 heterocycles. The predicted octanol–water partition coefficient (Wildman–Crippen LogP) is 4.63. The molecule has 2 nitrogen and oxygen atoms in total. The van der Waals surface area contributed by atoms with E-state index in [4.69, 9.17) is 0 Å². The highest BCUT2D eigenvalue weighted by Gasteiger charge is 2.41. The molecule has 0 amide bonds. The molecule has 5 heteroatoms. The molecule has 1 aliphatic rings. The number of halogens is 3. The zero-order valence-electron chi connectivity index (χ0n) is 11.2. The van der Waals surface area contributed by atoms with Crippen LogP contribution in [0.4, 0.5) is 8.78 Å². The number of aryl methyl sites for hydroxylation is 1. The van der Waals surface area contributed by atoms with Crippen LogP contribution in [0.1, 0.15) is 36.7 Å². The number of hydrogen-bond acceptors (Lipinski definition) is 1. The SMILES string of the molecule is CCc1nn(-c2cccc(Br)c2)c2c1C(F)(F)CCC2. The van der Waals surface area contributed by atoms with Crippen molar-refractivity contribution in [2.45, 2.75) is 38.5 Å². The lowest BCUT2D eigenvalue weighted by Gasteiger charge is -2.23. The Bertz CT molecular complexity index is 649. The lowest BCUT2D eigenvalue weighted by Crippen LogP contribution is -2.22. The van der Waals surface area contributed by atoms with Gasteiger partial charge in [0.25, 0.3) is 5.92 Å². The van der Waals surface area contributed by atoms with Gasteiger partial charge in [-0.05, 0) is 37.5 Å². The summed E-state index contributed by atoms with van der Waals surface area (Å²) in [5.41, 5.74) is 2.17. The smallest absolute Gasteiger partial charge is 0.237 e. The summed E-state index contributed by atoms with van der Waals surface area (Å²) in [5.74, 6) is -2.75. The Morgan fingerprint density at radius 1 is 1.40 bits per heavy atom. The number of benzene rings is 1. The van der Waals surface area contributed by atoms with E-state index in [1.54, 1.807) is 4.68 Å². The first-order chi connectivity index (χ1) is 9.53. The second-order valence-electron chi connectivity index (χ2n) is 5.07. The van der Waals surface area contributed by atoms with Crippen LogP contribution < -0.4 is 0 Å². The van der Waals surface area contributed by atoms with Crippen molar-refractivity contribution in [2.24, 2.45) is 0 Å². The lowest BCUT2D eigenvalue weighted by molar-refractivity contribution is -0.0227. The highest BCUT2D eigenvalue weighted by atomic mass is 79.9. The van der Waals surface area contributed by atoms with Crippen LogP contribution in [0.25, 0.3) is 5.69 Å². The molecule has 1 aromatic heterocycles. The monoisotopic (exact) mass is 340 g/mol. The molecule has 0 spiro atoms. The summed E-state index contributed by atoms with van der Waals surface area (Å²) in [7, 11) is 0. The van der Waals surface area contributed by atoms with Gasteiger partial charge >= 0.3 is 0 Å². The molecule has 0 saturated carbocycles. The summed E-state index contributed by atoms with van der Waals surface area (Å²) >= 11 is 3.41.